The summed E-state index contributed by atoms with van der Waals surface area (Å²) in [5, 5.41) is 12.7. The third-order valence-electron chi connectivity index (χ3n) is 3.22. The molecule has 1 heterocycles. The molecule has 0 unspecified atom stereocenters. The zero-order chi connectivity index (χ0) is 18.2. The monoisotopic (exact) mass is 413 g/mol. The Labute approximate surface area is 153 Å². The van der Waals surface area contributed by atoms with E-state index in [2.05, 4.69) is 41.5 Å². The molecule has 9 nitrogen and oxygen atoms in total. The van der Waals surface area contributed by atoms with Gasteiger partial charge in [-0.2, -0.15) is 0 Å². The topological polar surface area (TPSA) is 125 Å². The molecule has 0 saturated heterocycles. The lowest BCUT2D eigenvalue weighted by atomic mass is 10.2. The molecular weight excluding hydrogens is 394 g/mol. The highest BCUT2D eigenvalue weighted by molar-refractivity contribution is 9.10. The van der Waals surface area contributed by atoms with Gasteiger partial charge in [0.2, 0.25) is 11.5 Å². The van der Waals surface area contributed by atoms with E-state index < -0.39 is 5.91 Å². The van der Waals surface area contributed by atoms with Gasteiger partial charge in [-0.1, -0.05) is 0 Å². The number of nitrogens with two attached hydrogens (primary N) is 1. The van der Waals surface area contributed by atoms with Gasteiger partial charge in [-0.3, -0.25) is 4.79 Å². The average molecular weight is 414 g/mol. The maximum absolute atomic E-state index is 11.8. The molecule has 2 rings (SSSR count). The molecular formula is C15H20BrN5O4. The largest absolute Gasteiger partial charge is 0.492 e. The first-order chi connectivity index (χ1) is 12.1. The second-order valence-electron chi connectivity index (χ2n) is 4.97. The molecule has 0 bridgehead atoms. The normalized spacial score (nSPS) is 10.5. The van der Waals surface area contributed by atoms with Crippen LogP contribution in [0.5, 0.6) is 11.5 Å². The van der Waals surface area contributed by atoms with Crippen LogP contribution in [0.25, 0.3) is 0 Å². The van der Waals surface area contributed by atoms with E-state index in [-0.39, 0.29) is 11.5 Å². The maximum Gasteiger partial charge on any atom is 0.277 e. The number of hydrogen-bond acceptors (Lipinski definition) is 8. The smallest absolute Gasteiger partial charge is 0.277 e. The summed E-state index contributed by atoms with van der Waals surface area (Å²) in [7, 11) is 1.60. The van der Waals surface area contributed by atoms with Crippen LogP contribution in [0.2, 0.25) is 0 Å². The Kier molecular flexibility index (Phi) is 7.02. The molecule has 25 heavy (non-hydrogen) atoms. The molecule has 10 heteroatoms. The Morgan fingerprint density at radius 3 is 2.80 bits per heavy atom. The Morgan fingerprint density at radius 1 is 1.36 bits per heavy atom. The van der Waals surface area contributed by atoms with E-state index in [0.29, 0.717) is 37.7 Å². The first-order valence-electron chi connectivity index (χ1n) is 7.63. The number of aromatic nitrogens is 2. The van der Waals surface area contributed by atoms with Crippen LogP contribution in [0.3, 0.4) is 0 Å². The van der Waals surface area contributed by atoms with Crippen molar-refractivity contribution in [2.24, 2.45) is 0 Å². The molecule has 0 atom stereocenters. The first kappa shape index (κ1) is 19.0. The van der Waals surface area contributed by atoms with Crippen molar-refractivity contribution in [1.29, 1.82) is 0 Å². The Balaban J connectivity index is 1.81. The lowest BCUT2D eigenvalue weighted by Crippen LogP contribution is -2.32. The second kappa shape index (κ2) is 9.23. The predicted molar refractivity (Wildman–Crippen MR) is 94.6 cm³/mol. The van der Waals surface area contributed by atoms with Gasteiger partial charge in [0.25, 0.3) is 5.91 Å². The Morgan fingerprint density at radius 2 is 2.16 bits per heavy atom. The van der Waals surface area contributed by atoms with Crippen molar-refractivity contribution in [3.05, 3.63) is 27.9 Å². The van der Waals surface area contributed by atoms with Crippen molar-refractivity contribution in [3.8, 4) is 11.5 Å². The quantitative estimate of drug-likeness (QED) is 0.525. The highest BCUT2D eigenvalue weighted by atomic mass is 79.9. The summed E-state index contributed by atoms with van der Waals surface area (Å²) >= 11 is 3.48. The third kappa shape index (κ3) is 5.07. The number of nitrogens with zero attached hydrogens (tertiary/aromatic N) is 2. The predicted octanol–water partition coefficient (Wildman–Crippen LogP) is 1.34. The molecule has 1 amide bonds. The number of carbonyl (C=O) groups excluding carboxylic acids is 1. The number of anilines is 1. The number of amides is 1. The molecule has 1 aromatic heterocycles. The van der Waals surface area contributed by atoms with Gasteiger partial charge < -0.3 is 25.8 Å². The van der Waals surface area contributed by atoms with E-state index in [0.717, 1.165) is 10.0 Å². The van der Waals surface area contributed by atoms with Crippen molar-refractivity contribution in [3.63, 3.8) is 0 Å². The number of ether oxygens (including phenoxy) is 2. The minimum absolute atomic E-state index is 0.0135. The number of nitrogen functional groups attached to an aromatic ring is 1. The highest BCUT2D eigenvalue weighted by Crippen LogP contribution is 2.36. The van der Waals surface area contributed by atoms with Crippen LogP contribution < -0.4 is 25.8 Å². The van der Waals surface area contributed by atoms with E-state index in [4.69, 9.17) is 15.2 Å². The summed E-state index contributed by atoms with van der Waals surface area (Å²) in [6.45, 7) is 4.03. The molecule has 2 aromatic rings. The molecule has 0 spiro atoms. The molecule has 0 radical (unpaired) electrons. The van der Waals surface area contributed by atoms with Gasteiger partial charge in [-0.15, -0.1) is 0 Å². The van der Waals surface area contributed by atoms with Crippen LogP contribution in [0, 0.1) is 0 Å². The maximum atomic E-state index is 11.8. The zero-order valence-corrected chi connectivity index (χ0v) is 15.6. The summed E-state index contributed by atoms with van der Waals surface area (Å²) in [5.74, 6) is 0.888. The van der Waals surface area contributed by atoms with E-state index >= 15 is 0 Å². The molecule has 0 aliphatic rings. The van der Waals surface area contributed by atoms with E-state index in [1.54, 1.807) is 7.11 Å². The standard InChI is InChI=1S/C15H20BrN5O4/c1-3-24-11-7-9(6-10(16)13(11)23-2)8-18-4-5-19-15(22)12-14(17)21-25-20-12/h6-7,18H,3-5,8H2,1-2H3,(H2,17,21)(H,19,22). The van der Waals surface area contributed by atoms with Gasteiger partial charge in [0.15, 0.2) is 11.5 Å². The van der Waals surface area contributed by atoms with Crippen LogP contribution in [0.1, 0.15) is 23.0 Å². The van der Waals surface area contributed by atoms with Crippen molar-refractivity contribution < 1.29 is 18.9 Å². The average Bonchev–Trinajstić information content (AvgIpc) is 3.01. The lowest BCUT2D eigenvalue weighted by Gasteiger charge is -2.13. The molecule has 0 saturated carbocycles. The van der Waals surface area contributed by atoms with E-state index in [1.165, 1.54) is 0 Å². The van der Waals surface area contributed by atoms with Crippen molar-refractivity contribution >= 4 is 27.7 Å². The van der Waals surface area contributed by atoms with Crippen molar-refractivity contribution in [1.82, 2.24) is 20.9 Å². The number of halogens is 1. The fourth-order valence-electron chi connectivity index (χ4n) is 2.12. The Bertz CT molecular complexity index is 722. The lowest BCUT2D eigenvalue weighted by molar-refractivity contribution is 0.0944. The van der Waals surface area contributed by atoms with Gasteiger partial charge in [0.1, 0.15) is 0 Å². The SMILES string of the molecule is CCOc1cc(CNCCNC(=O)c2nonc2N)cc(Br)c1OC. The molecule has 0 aliphatic carbocycles. The minimum atomic E-state index is -0.425. The zero-order valence-electron chi connectivity index (χ0n) is 14.0. The number of rotatable bonds is 9. The molecule has 1 aromatic carbocycles. The van der Waals surface area contributed by atoms with Crippen molar-refractivity contribution in [2.45, 2.75) is 13.5 Å². The van der Waals surface area contributed by atoms with Gasteiger partial charge in [0.05, 0.1) is 18.2 Å². The summed E-state index contributed by atoms with van der Waals surface area (Å²) < 4.78 is 16.1. The highest BCUT2D eigenvalue weighted by Gasteiger charge is 2.15. The second-order valence-corrected chi connectivity index (χ2v) is 5.83. The number of hydrogen-bond donors (Lipinski definition) is 3. The van der Waals surface area contributed by atoms with E-state index in [9.17, 15) is 4.79 Å². The number of nitrogens with one attached hydrogen (secondary N) is 2. The molecule has 0 aliphatic heterocycles. The van der Waals surface area contributed by atoms with Gasteiger partial charge in [-0.05, 0) is 50.9 Å². The van der Waals surface area contributed by atoms with Crippen molar-refractivity contribution in [2.75, 3.05) is 32.5 Å². The van der Waals surface area contributed by atoms with Gasteiger partial charge in [0, 0.05) is 19.6 Å². The summed E-state index contributed by atoms with van der Waals surface area (Å²) in [6, 6.07) is 3.87. The fraction of sp³-hybridized carbons (Fsp3) is 0.400. The first-order valence-corrected chi connectivity index (χ1v) is 8.42. The summed E-state index contributed by atoms with van der Waals surface area (Å²) in [6.07, 6.45) is 0. The van der Waals surface area contributed by atoms with Crippen LogP contribution >= 0.6 is 15.9 Å². The number of benzene rings is 1. The van der Waals surface area contributed by atoms with E-state index in [1.807, 2.05) is 19.1 Å². The summed E-state index contributed by atoms with van der Waals surface area (Å²) in [4.78, 5) is 11.8. The van der Waals surface area contributed by atoms with Crippen LogP contribution in [0.15, 0.2) is 21.2 Å². The number of methoxy groups -OCH3 is 1. The van der Waals surface area contributed by atoms with Gasteiger partial charge >= 0.3 is 0 Å². The fourth-order valence-corrected chi connectivity index (χ4v) is 2.77. The Hall–Kier alpha value is -2.33. The van der Waals surface area contributed by atoms with Gasteiger partial charge in [-0.25, -0.2) is 4.63 Å². The van der Waals surface area contributed by atoms with Crippen LogP contribution in [0.4, 0.5) is 5.82 Å². The minimum Gasteiger partial charge on any atom is -0.492 e. The molecule has 136 valence electrons. The third-order valence-corrected chi connectivity index (χ3v) is 3.81. The van der Waals surface area contributed by atoms with Crippen LogP contribution in [-0.4, -0.2) is 43.0 Å². The number of carbonyl (C=O) groups is 1. The molecule has 4 N–H and O–H groups in total. The summed E-state index contributed by atoms with van der Waals surface area (Å²) in [5.41, 5.74) is 6.46. The molecule has 0 fully saturated rings. The van der Waals surface area contributed by atoms with Crippen LogP contribution in [-0.2, 0) is 6.54 Å².